The van der Waals surface area contributed by atoms with Crippen LogP contribution in [0, 0.1) is 0 Å². The number of aromatic carboxylic acids is 1. The van der Waals surface area contributed by atoms with Crippen molar-refractivity contribution in [2.75, 3.05) is 5.32 Å². The molecule has 0 saturated carbocycles. The van der Waals surface area contributed by atoms with Gasteiger partial charge in [0, 0.05) is 24.4 Å². The van der Waals surface area contributed by atoms with Crippen molar-refractivity contribution in [3.05, 3.63) is 97.8 Å². The molecule has 0 radical (unpaired) electrons. The molecule has 3 rings (SSSR count). The van der Waals surface area contributed by atoms with Crippen LogP contribution in [0.1, 0.15) is 45.3 Å². The van der Waals surface area contributed by atoms with Gasteiger partial charge in [0.1, 0.15) is 0 Å². The monoisotopic (exact) mass is 421 g/mol. The summed E-state index contributed by atoms with van der Waals surface area (Å²) >= 11 is 0. The molecular weight excluding hydrogens is 398 g/mol. The first-order valence-electron chi connectivity index (χ1n) is 9.84. The van der Waals surface area contributed by atoms with Gasteiger partial charge in [0.15, 0.2) is 0 Å². The molecule has 1 heterocycles. The minimum absolute atomic E-state index is 0.00462. The first-order chi connectivity index (χ1) is 14.8. The Morgan fingerprint density at radius 3 is 2.35 bits per heavy atom. The van der Waals surface area contributed by atoms with Crippen molar-refractivity contribution in [3.63, 3.8) is 0 Å². The Kier molecular flexibility index (Phi) is 6.49. The molecule has 2 aromatic carbocycles. The fraction of sp³-hybridized carbons (Fsp3) is 0.217. The van der Waals surface area contributed by atoms with Crippen molar-refractivity contribution in [2.24, 2.45) is 7.05 Å². The van der Waals surface area contributed by atoms with Crippen LogP contribution in [0.15, 0.2) is 64.2 Å². The number of aromatic nitrogens is 2. The van der Waals surface area contributed by atoms with Gasteiger partial charge in [-0.05, 0) is 36.2 Å². The molecule has 31 heavy (non-hydrogen) atoms. The van der Waals surface area contributed by atoms with Gasteiger partial charge in [0.2, 0.25) is 0 Å². The lowest BCUT2D eigenvalue weighted by molar-refractivity contribution is 0.0698. The SMILES string of the molecule is CCCc1cc(=O)n(C)c(=O)n1Cc1ccc(C(=O)Nc2ccccc2C(=O)O)cc1. The number of aryl methyl sites for hydroxylation is 1. The third-order valence-electron chi connectivity index (χ3n) is 4.95. The van der Waals surface area contributed by atoms with E-state index in [1.807, 2.05) is 6.92 Å². The van der Waals surface area contributed by atoms with Crippen LogP contribution >= 0.6 is 0 Å². The van der Waals surface area contributed by atoms with E-state index in [1.54, 1.807) is 41.0 Å². The van der Waals surface area contributed by atoms with Crippen LogP contribution in [-0.4, -0.2) is 26.1 Å². The summed E-state index contributed by atoms with van der Waals surface area (Å²) < 4.78 is 2.63. The summed E-state index contributed by atoms with van der Waals surface area (Å²) in [4.78, 5) is 48.4. The Hall–Kier alpha value is -3.94. The number of carbonyl (C=O) groups excluding carboxylic acids is 1. The van der Waals surface area contributed by atoms with Crippen LogP contribution in [0.5, 0.6) is 0 Å². The highest BCUT2D eigenvalue weighted by Gasteiger charge is 2.14. The number of hydrogen-bond acceptors (Lipinski definition) is 4. The maximum Gasteiger partial charge on any atom is 0.337 e. The molecule has 0 saturated heterocycles. The lowest BCUT2D eigenvalue weighted by Crippen LogP contribution is -2.39. The summed E-state index contributed by atoms with van der Waals surface area (Å²) in [6.07, 6.45) is 1.40. The zero-order chi connectivity index (χ0) is 22.5. The average molecular weight is 421 g/mol. The van der Waals surface area contributed by atoms with Crippen LogP contribution in [0.3, 0.4) is 0 Å². The lowest BCUT2D eigenvalue weighted by atomic mass is 10.1. The molecule has 0 fully saturated rings. The molecule has 160 valence electrons. The molecule has 0 aliphatic heterocycles. The summed E-state index contributed by atoms with van der Waals surface area (Å²) in [6.45, 7) is 2.24. The molecule has 8 nitrogen and oxygen atoms in total. The van der Waals surface area contributed by atoms with Crippen molar-refractivity contribution in [2.45, 2.75) is 26.3 Å². The molecule has 0 atom stereocenters. The molecule has 1 amide bonds. The number of carboxylic acids is 1. The number of anilines is 1. The summed E-state index contributed by atoms with van der Waals surface area (Å²) in [7, 11) is 1.44. The van der Waals surface area contributed by atoms with Gasteiger partial charge >= 0.3 is 11.7 Å². The summed E-state index contributed by atoms with van der Waals surface area (Å²) in [5, 5.41) is 11.9. The Morgan fingerprint density at radius 1 is 1.03 bits per heavy atom. The Bertz CT molecular complexity index is 1240. The number of carbonyl (C=O) groups is 2. The fourth-order valence-corrected chi connectivity index (χ4v) is 3.27. The number of para-hydroxylation sites is 1. The number of nitrogens with zero attached hydrogens (tertiary/aromatic N) is 2. The van der Waals surface area contributed by atoms with Gasteiger partial charge in [-0.3, -0.25) is 18.7 Å². The third-order valence-corrected chi connectivity index (χ3v) is 4.95. The van der Waals surface area contributed by atoms with E-state index in [-0.39, 0.29) is 29.0 Å². The maximum atomic E-state index is 12.6. The first-order valence-corrected chi connectivity index (χ1v) is 9.84. The summed E-state index contributed by atoms with van der Waals surface area (Å²) in [5.74, 6) is -1.57. The molecule has 0 spiro atoms. The van der Waals surface area contributed by atoms with Crippen molar-refractivity contribution in [1.82, 2.24) is 9.13 Å². The standard InChI is InChI=1S/C23H23N3O5/c1-3-6-17-13-20(27)25(2)23(31)26(17)14-15-9-11-16(12-10-15)21(28)24-19-8-5-4-7-18(19)22(29)30/h4-5,7-13H,3,6,14H2,1-2H3,(H,24,28)(H,29,30). The highest BCUT2D eigenvalue weighted by Crippen LogP contribution is 2.17. The summed E-state index contributed by atoms with van der Waals surface area (Å²) in [5.41, 5.74) is 1.31. The highest BCUT2D eigenvalue weighted by atomic mass is 16.4. The van der Waals surface area contributed by atoms with Gasteiger partial charge in [0.05, 0.1) is 17.8 Å². The van der Waals surface area contributed by atoms with Gasteiger partial charge in [-0.15, -0.1) is 0 Å². The molecule has 0 bridgehead atoms. The normalized spacial score (nSPS) is 10.6. The smallest absolute Gasteiger partial charge is 0.337 e. The van der Waals surface area contributed by atoms with Crippen molar-refractivity contribution in [3.8, 4) is 0 Å². The highest BCUT2D eigenvalue weighted by molar-refractivity contribution is 6.07. The van der Waals surface area contributed by atoms with Crippen molar-refractivity contribution in [1.29, 1.82) is 0 Å². The number of rotatable bonds is 7. The largest absolute Gasteiger partial charge is 0.478 e. The maximum absolute atomic E-state index is 12.6. The first kappa shape index (κ1) is 21.8. The zero-order valence-corrected chi connectivity index (χ0v) is 17.3. The molecule has 0 unspecified atom stereocenters. The van der Waals surface area contributed by atoms with E-state index in [2.05, 4.69) is 5.32 Å². The Balaban J connectivity index is 1.83. The van der Waals surface area contributed by atoms with Gasteiger partial charge in [-0.1, -0.05) is 37.6 Å². The van der Waals surface area contributed by atoms with Crippen LogP contribution in [0.4, 0.5) is 5.69 Å². The predicted molar refractivity (Wildman–Crippen MR) is 117 cm³/mol. The molecule has 3 aromatic rings. The van der Waals surface area contributed by atoms with Gasteiger partial charge in [-0.25, -0.2) is 9.59 Å². The van der Waals surface area contributed by atoms with Crippen LogP contribution in [-0.2, 0) is 20.0 Å². The Morgan fingerprint density at radius 2 is 1.71 bits per heavy atom. The molecule has 8 heteroatoms. The van der Waals surface area contributed by atoms with Crippen LogP contribution in [0.2, 0.25) is 0 Å². The molecule has 0 aliphatic rings. The second-order valence-electron chi connectivity index (χ2n) is 7.15. The van der Waals surface area contributed by atoms with E-state index in [1.165, 1.54) is 25.2 Å². The van der Waals surface area contributed by atoms with E-state index in [0.29, 0.717) is 17.7 Å². The van der Waals surface area contributed by atoms with Crippen LogP contribution in [0.25, 0.3) is 0 Å². The number of benzene rings is 2. The van der Waals surface area contributed by atoms with E-state index in [0.717, 1.165) is 16.6 Å². The minimum Gasteiger partial charge on any atom is -0.478 e. The van der Waals surface area contributed by atoms with Gasteiger partial charge in [0.25, 0.3) is 11.5 Å². The van der Waals surface area contributed by atoms with Gasteiger partial charge in [-0.2, -0.15) is 0 Å². The zero-order valence-electron chi connectivity index (χ0n) is 17.3. The van der Waals surface area contributed by atoms with E-state index in [4.69, 9.17) is 0 Å². The lowest BCUT2D eigenvalue weighted by Gasteiger charge is -2.14. The van der Waals surface area contributed by atoms with Crippen molar-refractivity contribution >= 4 is 17.6 Å². The number of hydrogen-bond donors (Lipinski definition) is 2. The quantitative estimate of drug-likeness (QED) is 0.609. The molecule has 2 N–H and O–H groups in total. The second kappa shape index (κ2) is 9.25. The minimum atomic E-state index is -1.13. The topological polar surface area (TPSA) is 110 Å². The van der Waals surface area contributed by atoms with E-state index in [9.17, 15) is 24.3 Å². The summed E-state index contributed by atoms with van der Waals surface area (Å²) in [6, 6.07) is 14.3. The van der Waals surface area contributed by atoms with E-state index >= 15 is 0 Å². The van der Waals surface area contributed by atoms with E-state index < -0.39 is 11.9 Å². The third kappa shape index (κ3) is 4.80. The number of nitrogens with one attached hydrogen (secondary N) is 1. The predicted octanol–water partition coefficient (Wildman–Crippen LogP) is 2.50. The number of carboxylic acid groups (broad SMARTS) is 1. The second-order valence-corrected chi connectivity index (χ2v) is 7.15. The van der Waals surface area contributed by atoms with Crippen LogP contribution < -0.4 is 16.6 Å². The average Bonchev–Trinajstić information content (AvgIpc) is 2.75. The Labute approximate surface area is 178 Å². The molecular formula is C23H23N3O5. The van der Waals surface area contributed by atoms with Crippen molar-refractivity contribution < 1.29 is 14.7 Å². The van der Waals surface area contributed by atoms with Gasteiger partial charge < -0.3 is 10.4 Å². The fourth-order valence-electron chi connectivity index (χ4n) is 3.27. The number of amides is 1. The molecule has 1 aromatic heterocycles. The molecule has 0 aliphatic carbocycles.